The summed E-state index contributed by atoms with van der Waals surface area (Å²) in [5.41, 5.74) is 16.0. The second kappa shape index (κ2) is 11.9. The number of anilines is 3. The summed E-state index contributed by atoms with van der Waals surface area (Å²) in [5, 5.41) is 0. The molecule has 8 rings (SSSR count). The Morgan fingerprint density at radius 3 is 1.87 bits per heavy atom. The molecule has 0 bridgehead atoms. The number of allylic oxidation sites excluding steroid dienone is 6. The number of nitrogens with zero attached hydrogens (tertiary/aromatic N) is 1. The van der Waals surface area contributed by atoms with Crippen LogP contribution in [0.5, 0.6) is 0 Å². The van der Waals surface area contributed by atoms with Crippen molar-refractivity contribution in [1.82, 2.24) is 0 Å². The van der Waals surface area contributed by atoms with Gasteiger partial charge < -0.3 is 4.90 Å². The lowest BCUT2D eigenvalue weighted by Gasteiger charge is -2.30. The summed E-state index contributed by atoms with van der Waals surface area (Å²) in [4.78, 5) is 2.44. The lowest BCUT2D eigenvalue weighted by atomic mass is 9.74. The molecule has 0 aliphatic heterocycles. The summed E-state index contributed by atoms with van der Waals surface area (Å²) in [6.45, 7) is 4.59. The van der Waals surface area contributed by atoms with Crippen molar-refractivity contribution in [2.24, 2.45) is 0 Å². The van der Waals surface area contributed by atoms with E-state index in [4.69, 9.17) is 0 Å². The minimum absolute atomic E-state index is 0.265. The molecule has 0 aromatic heterocycles. The fourth-order valence-electron chi connectivity index (χ4n) is 7.49. The van der Waals surface area contributed by atoms with Crippen molar-refractivity contribution in [2.75, 3.05) is 4.90 Å². The molecule has 0 heterocycles. The van der Waals surface area contributed by atoms with Gasteiger partial charge in [0.1, 0.15) is 0 Å². The maximum absolute atomic E-state index is 2.44. The zero-order valence-corrected chi connectivity index (χ0v) is 26.9. The minimum Gasteiger partial charge on any atom is -0.310 e. The summed E-state index contributed by atoms with van der Waals surface area (Å²) in [7, 11) is 0. The minimum atomic E-state index is -0.265. The second-order valence-electron chi connectivity index (χ2n) is 12.7. The van der Waals surface area contributed by atoms with E-state index in [0.29, 0.717) is 0 Å². The fraction of sp³-hybridized carbons (Fsp3) is 0.0870. The molecule has 0 spiro atoms. The monoisotopic (exact) mass is 603 g/mol. The Balaban J connectivity index is 1.32. The molecule has 0 fully saturated rings. The fourth-order valence-corrected chi connectivity index (χ4v) is 7.49. The Hall–Kier alpha value is -5.66. The molecule has 0 N–H and O–H groups in total. The van der Waals surface area contributed by atoms with E-state index in [1.807, 2.05) is 0 Å². The van der Waals surface area contributed by atoms with Crippen LogP contribution in [-0.4, -0.2) is 0 Å². The van der Waals surface area contributed by atoms with Gasteiger partial charge in [-0.15, -0.1) is 0 Å². The lowest BCUT2D eigenvalue weighted by Crippen LogP contribution is -2.22. The van der Waals surface area contributed by atoms with E-state index < -0.39 is 0 Å². The van der Waals surface area contributed by atoms with E-state index in [0.717, 1.165) is 17.8 Å². The highest BCUT2D eigenvalue weighted by Gasteiger charge is 2.42. The summed E-state index contributed by atoms with van der Waals surface area (Å²) in [5.74, 6) is 0. The van der Waals surface area contributed by atoms with Crippen LogP contribution in [0.25, 0.3) is 27.8 Å². The van der Waals surface area contributed by atoms with E-state index in [2.05, 4.69) is 195 Å². The van der Waals surface area contributed by atoms with Crippen LogP contribution in [0.1, 0.15) is 42.5 Å². The summed E-state index contributed by atoms with van der Waals surface area (Å²) < 4.78 is 0. The molecule has 6 aromatic rings. The van der Waals surface area contributed by atoms with Gasteiger partial charge in [0.05, 0.1) is 5.69 Å². The summed E-state index contributed by atoms with van der Waals surface area (Å²) >= 11 is 0. The first kappa shape index (κ1) is 28.8. The maximum atomic E-state index is 2.44. The van der Waals surface area contributed by atoms with E-state index in [1.54, 1.807) is 0 Å². The number of benzene rings is 6. The largest absolute Gasteiger partial charge is 0.310 e. The third-order valence-corrected chi connectivity index (χ3v) is 9.96. The zero-order valence-electron chi connectivity index (χ0n) is 26.9. The van der Waals surface area contributed by atoms with E-state index in [9.17, 15) is 0 Å². The molecule has 0 amide bonds. The van der Waals surface area contributed by atoms with Gasteiger partial charge in [0.25, 0.3) is 0 Å². The molecule has 0 saturated heterocycles. The molecule has 1 heteroatoms. The van der Waals surface area contributed by atoms with Crippen LogP contribution < -0.4 is 4.90 Å². The van der Waals surface area contributed by atoms with Gasteiger partial charge in [-0.05, 0) is 101 Å². The highest BCUT2D eigenvalue weighted by atomic mass is 15.1. The first-order valence-corrected chi connectivity index (χ1v) is 16.5. The van der Waals surface area contributed by atoms with Crippen molar-refractivity contribution in [3.8, 4) is 22.3 Å². The molecule has 1 atom stereocenters. The van der Waals surface area contributed by atoms with Crippen molar-refractivity contribution in [3.63, 3.8) is 0 Å². The Bertz CT molecular complexity index is 2150. The quantitative estimate of drug-likeness (QED) is 0.183. The number of rotatable bonds is 6. The summed E-state index contributed by atoms with van der Waals surface area (Å²) in [6.07, 6.45) is 9.89. The first-order chi connectivity index (χ1) is 23.1. The van der Waals surface area contributed by atoms with Gasteiger partial charge in [-0.3, -0.25) is 0 Å². The molecule has 2 aliphatic carbocycles. The average Bonchev–Trinajstić information content (AvgIpc) is 3.23. The van der Waals surface area contributed by atoms with Crippen LogP contribution in [-0.2, 0) is 5.41 Å². The van der Waals surface area contributed by atoms with Crippen molar-refractivity contribution in [1.29, 1.82) is 0 Å². The molecule has 6 aromatic carbocycles. The molecule has 1 unspecified atom stereocenters. The molecule has 1 nitrogen and oxygen atoms in total. The van der Waals surface area contributed by atoms with Crippen LogP contribution in [0.2, 0.25) is 0 Å². The molecular formula is C46H37N. The van der Waals surface area contributed by atoms with E-state index in [-0.39, 0.29) is 5.41 Å². The van der Waals surface area contributed by atoms with E-state index in [1.165, 1.54) is 61.3 Å². The molecule has 0 radical (unpaired) electrons. The van der Waals surface area contributed by atoms with Crippen LogP contribution in [0.15, 0.2) is 182 Å². The average molecular weight is 604 g/mol. The van der Waals surface area contributed by atoms with Gasteiger partial charge in [-0.1, -0.05) is 146 Å². The highest BCUT2D eigenvalue weighted by molar-refractivity contribution is 5.96. The highest BCUT2D eigenvalue weighted by Crippen LogP contribution is 2.56. The van der Waals surface area contributed by atoms with Gasteiger partial charge in [0, 0.05) is 22.4 Å². The smallest absolute Gasteiger partial charge is 0.0543 e. The van der Waals surface area contributed by atoms with Crippen molar-refractivity contribution in [2.45, 2.75) is 25.7 Å². The predicted molar refractivity (Wildman–Crippen MR) is 199 cm³/mol. The third kappa shape index (κ3) is 4.96. The number of hydrogen-bond acceptors (Lipinski definition) is 1. The molecule has 2 aliphatic rings. The molecule has 0 saturated carbocycles. The van der Waals surface area contributed by atoms with Gasteiger partial charge >= 0.3 is 0 Å². The molecule has 47 heavy (non-hydrogen) atoms. The van der Waals surface area contributed by atoms with Gasteiger partial charge in [-0.25, -0.2) is 0 Å². The Kier molecular flexibility index (Phi) is 7.31. The Morgan fingerprint density at radius 2 is 1.15 bits per heavy atom. The standard InChI is InChI=1S/C46H37N/c1-33-15-6-3-11-20-40(33)36-27-31-39(32-28-36)47(38-29-25-35(26-30-38)34-16-7-4-8-17-34)44-24-14-23-43-45(44)41-21-12-13-22-42(41)46(43,2)37-18-9-5-10-19-37/h3-5,7-32H,6H2,1-2H3. The molecule has 226 valence electrons. The Morgan fingerprint density at radius 1 is 0.553 bits per heavy atom. The van der Waals surface area contributed by atoms with Crippen LogP contribution >= 0.6 is 0 Å². The van der Waals surface area contributed by atoms with Crippen molar-refractivity contribution in [3.05, 3.63) is 204 Å². The van der Waals surface area contributed by atoms with Gasteiger partial charge in [0.2, 0.25) is 0 Å². The van der Waals surface area contributed by atoms with Crippen molar-refractivity contribution >= 4 is 22.6 Å². The third-order valence-electron chi connectivity index (χ3n) is 9.96. The van der Waals surface area contributed by atoms with Crippen molar-refractivity contribution < 1.29 is 0 Å². The lowest BCUT2D eigenvalue weighted by molar-refractivity contribution is 0.714. The number of hydrogen-bond donors (Lipinski definition) is 0. The summed E-state index contributed by atoms with van der Waals surface area (Å²) in [6, 6.07) is 55.5. The second-order valence-corrected chi connectivity index (χ2v) is 12.7. The maximum Gasteiger partial charge on any atom is 0.0543 e. The van der Waals surface area contributed by atoms with Gasteiger partial charge in [0.15, 0.2) is 0 Å². The van der Waals surface area contributed by atoms with Crippen LogP contribution in [0.3, 0.4) is 0 Å². The first-order valence-electron chi connectivity index (χ1n) is 16.5. The predicted octanol–water partition coefficient (Wildman–Crippen LogP) is 12.4. The van der Waals surface area contributed by atoms with Crippen LogP contribution in [0.4, 0.5) is 17.1 Å². The normalized spacial score (nSPS) is 16.5. The van der Waals surface area contributed by atoms with E-state index >= 15 is 0 Å². The van der Waals surface area contributed by atoms with Gasteiger partial charge in [-0.2, -0.15) is 0 Å². The number of fused-ring (bicyclic) bond motifs is 3. The SMILES string of the molecule is CC1=CCC=CC=C1c1ccc(N(c2ccc(-c3ccccc3)cc2)c2cccc3c2-c2ccccc2C3(C)c2ccccc2)cc1. The zero-order chi connectivity index (χ0) is 31.8. The Labute approximate surface area is 278 Å². The molecular weight excluding hydrogens is 567 g/mol. The topological polar surface area (TPSA) is 3.24 Å². The van der Waals surface area contributed by atoms with Crippen LogP contribution in [0, 0.1) is 0 Å².